The fourth-order valence-corrected chi connectivity index (χ4v) is 0.659. The van der Waals surface area contributed by atoms with Crippen LogP contribution in [-0.2, 0) is 9.53 Å². The van der Waals surface area contributed by atoms with Gasteiger partial charge in [-0.2, -0.15) is 0 Å². The van der Waals surface area contributed by atoms with Crippen LogP contribution < -0.4 is 5.73 Å². The summed E-state index contributed by atoms with van der Waals surface area (Å²) >= 11 is 0. The third kappa shape index (κ3) is 7.50. The van der Waals surface area contributed by atoms with E-state index >= 15 is 0 Å². The normalized spacial score (nSPS) is 15.3. The Kier molecular flexibility index (Phi) is 5.66. The first-order chi connectivity index (χ1) is 5.52. The molecular formula is C8H17NO3. The zero-order chi connectivity index (χ0) is 9.56. The monoisotopic (exact) mass is 175 g/mol. The van der Waals surface area contributed by atoms with Crippen molar-refractivity contribution in [2.45, 2.75) is 38.8 Å². The Morgan fingerprint density at radius 3 is 2.58 bits per heavy atom. The second kappa shape index (κ2) is 5.97. The van der Waals surface area contributed by atoms with Gasteiger partial charge in [0.1, 0.15) is 0 Å². The van der Waals surface area contributed by atoms with Crippen molar-refractivity contribution in [3.8, 4) is 0 Å². The summed E-state index contributed by atoms with van der Waals surface area (Å²) in [4.78, 5) is 10.8. The number of rotatable bonds is 5. The molecule has 0 aromatic carbocycles. The molecule has 0 aromatic rings. The Bertz CT molecular complexity index is 134. The molecule has 12 heavy (non-hydrogen) atoms. The van der Waals surface area contributed by atoms with E-state index in [2.05, 4.69) is 0 Å². The lowest BCUT2D eigenvalue weighted by molar-refractivity contribution is -0.145. The van der Waals surface area contributed by atoms with E-state index in [1.807, 2.05) is 6.92 Å². The summed E-state index contributed by atoms with van der Waals surface area (Å²) in [6.07, 6.45) is 0.0811. The average Bonchev–Trinajstić information content (AvgIpc) is 1.84. The molecular weight excluding hydrogens is 158 g/mol. The zero-order valence-corrected chi connectivity index (χ0v) is 7.62. The Morgan fingerprint density at radius 1 is 1.58 bits per heavy atom. The molecule has 0 aliphatic heterocycles. The van der Waals surface area contributed by atoms with E-state index in [1.165, 1.54) is 0 Å². The Balaban J connectivity index is 3.32. The molecule has 0 unspecified atom stereocenters. The van der Waals surface area contributed by atoms with Crippen LogP contribution in [0.5, 0.6) is 0 Å². The Labute approximate surface area is 72.7 Å². The SMILES string of the molecule is C[C@@H](N)CCOC(=O)C[C@@H](C)O. The number of carbonyl (C=O) groups excluding carboxylic acids is 1. The lowest BCUT2D eigenvalue weighted by Crippen LogP contribution is -2.20. The van der Waals surface area contributed by atoms with Crippen LogP contribution in [0.15, 0.2) is 0 Å². The molecule has 0 aliphatic rings. The van der Waals surface area contributed by atoms with Gasteiger partial charge in [-0.3, -0.25) is 4.79 Å². The molecule has 0 amide bonds. The molecule has 0 spiro atoms. The van der Waals surface area contributed by atoms with E-state index in [9.17, 15) is 4.79 Å². The molecule has 0 aliphatic carbocycles. The van der Waals surface area contributed by atoms with Gasteiger partial charge in [0.2, 0.25) is 0 Å². The predicted molar refractivity (Wildman–Crippen MR) is 45.5 cm³/mol. The van der Waals surface area contributed by atoms with Crippen molar-refractivity contribution in [3.63, 3.8) is 0 Å². The van der Waals surface area contributed by atoms with Crippen LogP contribution in [0.2, 0.25) is 0 Å². The topological polar surface area (TPSA) is 72.5 Å². The van der Waals surface area contributed by atoms with E-state index in [0.29, 0.717) is 13.0 Å². The van der Waals surface area contributed by atoms with Crippen molar-refractivity contribution < 1.29 is 14.6 Å². The maximum atomic E-state index is 10.8. The summed E-state index contributed by atoms with van der Waals surface area (Å²) in [6.45, 7) is 3.73. The van der Waals surface area contributed by atoms with Crippen molar-refractivity contribution in [2.24, 2.45) is 5.73 Å². The molecule has 0 fully saturated rings. The van der Waals surface area contributed by atoms with E-state index in [4.69, 9.17) is 15.6 Å². The molecule has 0 rings (SSSR count). The summed E-state index contributed by atoms with van der Waals surface area (Å²) in [5.74, 6) is -0.370. The van der Waals surface area contributed by atoms with Gasteiger partial charge in [-0.25, -0.2) is 0 Å². The predicted octanol–water partition coefficient (Wildman–Crippen LogP) is 0.0378. The first kappa shape index (κ1) is 11.4. The van der Waals surface area contributed by atoms with Crippen molar-refractivity contribution in [1.29, 1.82) is 0 Å². The van der Waals surface area contributed by atoms with E-state index in [-0.39, 0.29) is 18.4 Å². The highest BCUT2D eigenvalue weighted by atomic mass is 16.5. The van der Waals surface area contributed by atoms with Crippen molar-refractivity contribution in [1.82, 2.24) is 0 Å². The third-order valence-corrected chi connectivity index (χ3v) is 1.30. The number of hydrogen-bond acceptors (Lipinski definition) is 4. The van der Waals surface area contributed by atoms with Gasteiger partial charge in [0.05, 0.1) is 19.1 Å². The molecule has 0 bridgehead atoms. The van der Waals surface area contributed by atoms with Crippen LogP contribution in [0.25, 0.3) is 0 Å². The molecule has 3 N–H and O–H groups in total. The molecule has 0 aromatic heterocycles. The minimum atomic E-state index is -0.632. The number of nitrogens with two attached hydrogens (primary N) is 1. The van der Waals surface area contributed by atoms with E-state index in [0.717, 1.165) is 0 Å². The summed E-state index contributed by atoms with van der Waals surface area (Å²) in [7, 11) is 0. The number of aliphatic hydroxyl groups excluding tert-OH is 1. The Morgan fingerprint density at radius 2 is 2.17 bits per heavy atom. The maximum absolute atomic E-state index is 10.8. The van der Waals surface area contributed by atoms with Crippen LogP contribution in [0.4, 0.5) is 0 Å². The zero-order valence-electron chi connectivity index (χ0n) is 7.62. The fraction of sp³-hybridized carbons (Fsp3) is 0.875. The van der Waals surface area contributed by atoms with Crippen molar-refractivity contribution >= 4 is 5.97 Å². The minimum absolute atomic E-state index is 0.0457. The Hall–Kier alpha value is -0.610. The van der Waals surface area contributed by atoms with Crippen molar-refractivity contribution in [3.05, 3.63) is 0 Å². The number of hydrogen-bond donors (Lipinski definition) is 2. The summed E-state index contributed by atoms with van der Waals surface area (Å²) in [5.41, 5.74) is 5.44. The van der Waals surface area contributed by atoms with Crippen LogP contribution in [0.1, 0.15) is 26.7 Å². The summed E-state index contributed by atoms with van der Waals surface area (Å²) in [5, 5.41) is 8.81. The number of esters is 1. The summed E-state index contributed by atoms with van der Waals surface area (Å²) in [6, 6.07) is 0.0457. The van der Waals surface area contributed by atoms with Crippen LogP contribution in [0.3, 0.4) is 0 Å². The van der Waals surface area contributed by atoms with Crippen LogP contribution in [-0.4, -0.2) is 29.8 Å². The summed E-state index contributed by atoms with van der Waals surface area (Å²) < 4.78 is 4.78. The molecule has 0 radical (unpaired) electrons. The molecule has 0 saturated heterocycles. The number of aliphatic hydroxyl groups is 1. The lowest BCUT2D eigenvalue weighted by atomic mass is 10.2. The van der Waals surface area contributed by atoms with Crippen LogP contribution >= 0.6 is 0 Å². The molecule has 4 heteroatoms. The van der Waals surface area contributed by atoms with Gasteiger partial charge in [-0.05, 0) is 20.3 Å². The average molecular weight is 175 g/mol. The molecule has 0 saturated carbocycles. The van der Waals surface area contributed by atoms with Gasteiger partial charge in [0, 0.05) is 6.04 Å². The molecule has 2 atom stereocenters. The van der Waals surface area contributed by atoms with Gasteiger partial charge >= 0.3 is 5.97 Å². The van der Waals surface area contributed by atoms with Gasteiger partial charge in [0.15, 0.2) is 0 Å². The van der Waals surface area contributed by atoms with Gasteiger partial charge < -0.3 is 15.6 Å². The first-order valence-electron chi connectivity index (χ1n) is 4.11. The first-order valence-corrected chi connectivity index (χ1v) is 4.11. The molecule has 0 heterocycles. The van der Waals surface area contributed by atoms with Crippen LogP contribution in [0, 0.1) is 0 Å². The highest BCUT2D eigenvalue weighted by Crippen LogP contribution is 1.95. The second-order valence-corrected chi connectivity index (χ2v) is 3.04. The molecule has 4 nitrogen and oxygen atoms in total. The minimum Gasteiger partial charge on any atom is -0.466 e. The second-order valence-electron chi connectivity index (χ2n) is 3.04. The molecule has 72 valence electrons. The van der Waals surface area contributed by atoms with Gasteiger partial charge in [0.25, 0.3) is 0 Å². The van der Waals surface area contributed by atoms with E-state index in [1.54, 1.807) is 6.92 Å². The van der Waals surface area contributed by atoms with Crippen molar-refractivity contribution in [2.75, 3.05) is 6.61 Å². The third-order valence-electron chi connectivity index (χ3n) is 1.30. The highest BCUT2D eigenvalue weighted by molar-refractivity contribution is 5.69. The smallest absolute Gasteiger partial charge is 0.308 e. The number of carbonyl (C=O) groups is 1. The quantitative estimate of drug-likeness (QED) is 0.578. The number of ether oxygens (including phenoxy) is 1. The van der Waals surface area contributed by atoms with Gasteiger partial charge in [-0.1, -0.05) is 0 Å². The fourth-order valence-electron chi connectivity index (χ4n) is 0.659. The van der Waals surface area contributed by atoms with E-state index < -0.39 is 6.10 Å². The lowest BCUT2D eigenvalue weighted by Gasteiger charge is -2.07. The standard InChI is InChI=1S/C8H17NO3/c1-6(9)3-4-12-8(11)5-7(2)10/h6-7,10H,3-5,9H2,1-2H3/t6-,7-/m1/s1. The highest BCUT2D eigenvalue weighted by Gasteiger charge is 2.06. The maximum Gasteiger partial charge on any atom is 0.308 e. The van der Waals surface area contributed by atoms with Gasteiger partial charge in [-0.15, -0.1) is 0 Å². The largest absolute Gasteiger partial charge is 0.466 e.